The van der Waals surface area contributed by atoms with Gasteiger partial charge in [0.1, 0.15) is 5.82 Å². The van der Waals surface area contributed by atoms with E-state index in [-0.39, 0.29) is 11.4 Å². The summed E-state index contributed by atoms with van der Waals surface area (Å²) in [5.74, 6) is -0.651. The van der Waals surface area contributed by atoms with E-state index in [0.29, 0.717) is 12.1 Å². The number of halogens is 1. The van der Waals surface area contributed by atoms with E-state index in [2.05, 4.69) is 5.32 Å². The fraction of sp³-hybridized carbons (Fsp3) is 0.417. The Bertz CT molecular complexity index is 402. The topological polar surface area (TPSA) is 49.3 Å². The summed E-state index contributed by atoms with van der Waals surface area (Å²) in [5, 5.41) is 11.9. The number of carbonyl (C=O) groups is 1. The molecular weight excluding hydrogens is 209 g/mol. The van der Waals surface area contributed by atoms with E-state index in [1.165, 1.54) is 31.0 Å². The number of carboxylic acids is 1. The first-order chi connectivity index (χ1) is 7.66. The highest BCUT2D eigenvalue weighted by Gasteiger charge is 2.20. The zero-order valence-electron chi connectivity index (χ0n) is 8.87. The van der Waals surface area contributed by atoms with E-state index < -0.39 is 5.97 Å². The molecule has 0 spiro atoms. The van der Waals surface area contributed by atoms with E-state index in [1.54, 1.807) is 0 Å². The molecule has 1 aromatic rings. The summed E-state index contributed by atoms with van der Waals surface area (Å²) in [6.45, 7) is 1.28. The lowest BCUT2D eigenvalue weighted by Gasteiger charge is -2.06. The van der Waals surface area contributed by atoms with Crippen LogP contribution in [0.15, 0.2) is 18.2 Å². The second kappa shape index (κ2) is 4.61. The summed E-state index contributed by atoms with van der Waals surface area (Å²) >= 11 is 0. The number of rotatable bonds is 5. The molecule has 0 unspecified atom stereocenters. The number of benzene rings is 1. The molecule has 0 radical (unpaired) electrons. The van der Waals surface area contributed by atoms with Gasteiger partial charge in [-0.25, -0.2) is 9.18 Å². The number of aromatic carboxylic acids is 1. The van der Waals surface area contributed by atoms with Gasteiger partial charge < -0.3 is 10.4 Å². The van der Waals surface area contributed by atoms with Crippen molar-refractivity contribution in [2.24, 2.45) is 5.92 Å². The van der Waals surface area contributed by atoms with Crippen molar-refractivity contribution in [2.45, 2.75) is 19.4 Å². The van der Waals surface area contributed by atoms with Crippen LogP contribution in [0, 0.1) is 11.7 Å². The van der Waals surface area contributed by atoms with Gasteiger partial charge in [-0.2, -0.15) is 0 Å². The predicted molar refractivity (Wildman–Crippen MR) is 57.8 cm³/mol. The minimum atomic E-state index is -1.02. The van der Waals surface area contributed by atoms with Crippen molar-refractivity contribution >= 4 is 5.97 Å². The molecule has 2 rings (SSSR count). The SMILES string of the molecule is O=C(O)c1ccc(F)c(CNCC2CC2)c1. The van der Waals surface area contributed by atoms with Crippen LogP contribution in [-0.2, 0) is 6.54 Å². The summed E-state index contributed by atoms with van der Waals surface area (Å²) in [6.07, 6.45) is 2.48. The molecule has 0 saturated heterocycles. The van der Waals surface area contributed by atoms with Gasteiger partial charge in [-0.3, -0.25) is 0 Å². The summed E-state index contributed by atoms with van der Waals surface area (Å²) in [5.41, 5.74) is 0.546. The zero-order valence-corrected chi connectivity index (χ0v) is 8.87. The highest BCUT2D eigenvalue weighted by Crippen LogP contribution is 2.27. The lowest BCUT2D eigenvalue weighted by Crippen LogP contribution is -2.17. The van der Waals surface area contributed by atoms with E-state index >= 15 is 0 Å². The van der Waals surface area contributed by atoms with Gasteiger partial charge in [-0.05, 0) is 43.5 Å². The van der Waals surface area contributed by atoms with Crippen LogP contribution in [0.1, 0.15) is 28.8 Å². The van der Waals surface area contributed by atoms with Gasteiger partial charge in [0, 0.05) is 12.1 Å². The van der Waals surface area contributed by atoms with E-state index in [0.717, 1.165) is 12.5 Å². The third-order valence-electron chi connectivity index (χ3n) is 2.74. The molecule has 0 bridgehead atoms. The molecule has 1 saturated carbocycles. The first-order valence-electron chi connectivity index (χ1n) is 5.39. The molecule has 1 aliphatic rings. The molecule has 3 nitrogen and oxygen atoms in total. The van der Waals surface area contributed by atoms with Crippen LogP contribution in [0.3, 0.4) is 0 Å². The maximum absolute atomic E-state index is 13.3. The lowest BCUT2D eigenvalue weighted by atomic mass is 10.1. The summed E-state index contributed by atoms with van der Waals surface area (Å²) in [4.78, 5) is 10.7. The molecule has 1 fully saturated rings. The van der Waals surface area contributed by atoms with Crippen molar-refractivity contribution in [1.29, 1.82) is 0 Å². The number of hydrogen-bond donors (Lipinski definition) is 2. The van der Waals surface area contributed by atoms with E-state index in [4.69, 9.17) is 5.11 Å². The highest BCUT2D eigenvalue weighted by molar-refractivity contribution is 5.87. The van der Waals surface area contributed by atoms with Crippen molar-refractivity contribution < 1.29 is 14.3 Å². The van der Waals surface area contributed by atoms with Crippen LogP contribution < -0.4 is 5.32 Å². The lowest BCUT2D eigenvalue weighted by molar-refractivity contribution is 0.0696. The number of hydrogen-bond acceptors (Lipinski definition) is 2. The van der Waals surface area contributed by atoms with Gasteiger partial charge in [0.2, 0.25) is 0 Å². The normalized spacial score (nSPS) is 15.1. The molecule has 16 heavy (non-hydrogen) atoms. The second-order valence-corrected chi connectivity index (χ2v) is 4.19. The Balaban J connectivity index is 1.99. The molecule has 0 atom stereocenters. The van der Waals surface area contributed by atoms with Crippen LogP contribution in [0.4, 0.5) is 4.39 Å². The van der Waals surface area contributed by atoms with Gasteiger partial charge >= 0.3 is 5.97 Å². The van der Waals surface area contributed by atoms with Crippen LogP contribution in [0.2, 0.25) is 0 Å². The van der Waals surface area contributed by atoms with Crippen molar-refractivity contribution in [2.75, 3.05) is 6.54 Å². The van der Waals surface area contributed by atoms with Gasteiger partial charge in [0.15, 0.2) is 0 Å². The van der Waals surface area contributed by atoms with Crippen molar-refractivity contribution in [3.8, 4) is 0 Å². The smallest absolute Gasteiger partial charge is 0.335 e. The number of carboxylic acid groups (broad SMARTS) is 1. The average Bonchev–Trinajstić information content (AvgIpc) is 3.04. The molecule has 0 amide bonds. The number of nitrogens with one attached hydrogen (secondary N) is 1. The fourth-order valence-electron chi connectivity index (χ4n) is 1.58. The van der Waals surface area contributed by atoms with Gasteiger partial charge in [-0.15, -0.1) is 0 Å². The first-order valence-corrected chi connectivity index (χ1v) is 5.39. The van der Waals surface area contributed by atoms with Gasteiger partial charge in [0.05, 0.1) is 5.56 Å². The van der Waals surface area contributed by atoms with Crippen molar-refractivity contribution in [1.82, 2.24) is 5.32 Å². The molecule has 0 heterocycles. The Morgan fingerprint density at radius 3 is 2.88 bits per heavy atom. The van der Waals surface area contributed by atoms with Crippen molar-refractivity contribution in [3.05, 3.63) is 35.1 Å². The molecule has 1 aromatic carbocycles. The molecule has 1 aliphatic carbocycles. The van der Waals surface area contributed by atoms with Crippen LogP contribution >= 0.6 is 0 Å². The van der Waals surface area contributed by atoms with Gasteiger partial charge in [-0.1, -0.05) is 0 Å². The third kappa shape index (κ3) is 2.79. The summed E-state index contributed by atoms with van der Waals surface area (Å²) in [7, 11) is 0. The Morgan fingerprint density at radius 2 is 2.25 bits per heavy atom. The highest BCUT2D eigenvalue weighted by atomic mass is 19.1. The largest absolute Gasteiger partial charge is 0.478 e. The Kier molecular flexibility index (Phi) is 3.19. The van der Waals surface area contributed by atoms with Crippen LogP contribution in [-0.4, -0.2) is 17.6 Å². The minimum Gasteiger partial charge on any atom is -0.478 e. The van der Waals surface area contributed by atoms with Gasteiger partial charge in [0.25, 0.3) is 0 Å². The minimum absolute atomic E-state index is 0.129. The Morgan fingerprint density at radius 1 is 1.50 bits per heavy atom. The van der Waals surface area contributed by atoms with Crippen molar-refractivity contribution in [3.63, 3.8) is 0 Å². The average molecular weight is 223 g/mol. The quantitative estimate of drug-likeness (QED) is 0.803. The molecular formula is C12H14FNO2. The predicted octanol–water partition coefficient (Wildman–Crippen LogP) is 2.02. The third-order valence-corrected chi connectivity index (χ3v) is 2.74. The standard InChI is InChI=1S/C12H14FNO2/c13-11-4-3-9(12(15)16)5-10(11)7-14-6-8-1-2-8/h3-5,8,14H,1-2,6-7H2,(H,15,16). The Hall–Kier alpha value is -1.42. The van der Waals surface area contributed by atoms with E-state index in [9.17, 15) is 9.18 Å². The molecule has 0 aliphatic heterocycles. The second-order valence-electron chi connectivity index (χ2n) is 4.19. The Labute approximate surface area is 93.3 Å². The maximum atomic E-state index is 13.3. The summed E-state index contributed by atoms with van der Waals surface area (Å²) in [6, 6.07) is 3.87. The first kappa shape index (κ1) is 11.1. The molecule has 0 aromatic heterocycles. The molecule has 86 valence electrons. The van der Waals surface area contributed by atoms with Crippen LogP contribution in [0.25, 0.3) is 0 Å². The monoisotopic (exact) mass is 223 g/mol. The van der Waals surface area contributed by atoms with E-state index in [1.807, 2.05) is 0 Å². The molecule has 2 N–H and O–H groups in total. The fourth-order valence-corrected chi connectivity index (χ4v) is 1.58. The summed E-state index contributed by atoms with van der Waals surface area (Å²) < 4.78 is 13.3. The van der Waals surface area contributed by atoms with Crippen LogP contribution in [0.5, 0.6) is 0 Å². The zero-order chi connectivity index (χ0) is 11.5. The molecule has 4 heteroatoms. The maximum Gasteiger partial charge on any atom is 0.335 e.